The van der Waals surface area contributed by atoms with E-state index in [4.69, 9.17) is 0 Å². The molecule has 4 aromatic rings. The van der Waals surface area contributed by atoms with Crippen molar-refractivity contribution < 1.29 is 0 Å². The van der Waals surface area contributed by atoms with Crippen molar-refractivity contribution in [1.29, 1.82) is 0 Å². The van der Waals surface area contributed by atoms with Crippen LogP contribution in [-0.4, -0.2) is 4.98 Å². The molecule has 1 aromatic heterocycles. The molecular weight excluding hydrogens is 256 g/mol. The summed E-state index contributed by atoms with van der Waals surface area (Å²) in [4.78, 5) is 3.32. The van der Waals surface area contributed by atoms with Crippen LogP contribution < -0.4 is 5.32 Å². The fourth-order valence-electron chi connectivity index (χ4n) is 2.87. The molecule has 0 saturated heterocycles. The molecule has 0 aliphatic rings. The summed E-state index contributed by atoms with van der Waals surface area (Å²) >= 11 is 0. The summed E-state index contributed by atoms with van der Waals surface area (Å²) in [6, 6.07) is 23.4. The fraction of sp³-hybridized carbons (Fsp3) is 0.0526. The molecule has 0 unspecified atom stereocenters. The third-order valence-corrected chi connectivity index (χ3v) is 3.93. The van der Waals surface area contributed by atoms with E-state index in [2.05, 4.69) is 77.0 Å². The van der Waals surface area contributed by atoms with E-state index >= 15 is 0 Å². The maximum atomic E-state index is 3.57. The van der Waals surface area contributed by atoms with Gasteiger partial charge in [0.2, 0.25) is 0 Å². The van der Waals surface area contributed by atoms with E-state index in [0.717, 1.165) is 6.54 Å². The van der Waals surface area contributed by atoms with Gasteiger partial charge < -0.3 is 10.3 Å². The lowest BCUT2D eigenvalue weighted by Gasteiger charge is -2.10. The Morgan fingerprint density at radius 3 is 2.57 bits per heavy atom. The molecule has 1 heterocycles. The first-order chi connectivity index (χ1) is 10.4. The topological polar surface area (TPSA) is 27.8 Å². The highest BCUT2D eigenvalue weighted by Gasteiger charge is 2.03. The van der Waals surface area contributed by atoms with Crippen LogP contribution in [0.3, 0.4) is 0 Å². The molecular formula is C19H16N2. The first-order valence-electron chi connectivity index (χ1n) is 7.18. The number of hydrogen-bond acceptors (Lipinski definition) is 1. The van der Waals surface area contributed by atoms with Gasteiger partial charge in [-0.3, -0.25) is 0 Å². The molecule has 0 aliphatic heterocycles. The third kappa shape index (κ3) is 2.15. The number of anilines is 1. The van der Waals surface area contributed by atoms with Gasteiger partial charge in [0.25, 0.3) is 0 Å². The number of nitrogens with one attached hydrogen (secondary N) is 2. The average Bonchev–Trinajstić information content (AvgIpc) is 3.02. The van der Waals surface area contributed by atoms with Crippen molar-refractivity contribution in [3.63, 3.8) is 0 Å². The molecule has 0 fully saturated rings. The molecule has 2 heteroatoms. The molecule has 0 amide bonds. The van der Waals surface area contributed by atoms with Gasteiger partial charge in [-0.25, -0.2) is 0 Å². The monoisotopic (exact) mass is 272 g/mol. The fourth-order valence-corrected chi connectivity index (χ4v) is 2.87. The average molecular weight is 272 g/mol. The number of H-pyrrole nitrogens is 1. The Bertz CT molecular complexity index is 900. The molecule has 0 radical (unpaired) electrons. The Labute approximate surface area is 123 Å². The van der Waals surface area contributed by atoms with Crippen molar-refractivity contribution in [2.24, 2.45) is 0 Å². The van der Waals surface area contributed by atoms with E-state index in [1.807, 2.05) is 6.20 Å². The Balaban J connectivity index is 1.68. The number of benzene rings is 3. The Morgan fingerprint density at radius 1 is 0.762 bits per heavy atom. The molecule has 3 aromatic carbocycles. The summed E-state index contributed by atoms with van der Waals surface area (Å²) < 4.78 is 0. The van der Waals surface area contributed by atoms with Crippen LogP contribution in [0.5, 0.6) is 0 Å². The Hall–Kier alpha value is -2.74. The summed E-state index contributed by atoms with van der Waals surface area (Å²) in [7, 11) is 0. The SMILES string of the molecule is c1ccc2c(NCc3cccc4cc[nH]c34)cccc2c1. The molecule has 4 rings (SSSR count). The molecule has 21 heavy (non-hydrogen) atoms. The van der Waals surface area contributed by atoms with Crippen molar-refractivity contribution in [1.82, 2.24) is 4.98 Å². The van der Waals surface area contributed by atoms with Crippen molar-refractivity contribution in [2.75, 3.05) is 5.32 Å². The van der Waals surface area contributed by atoms with Gasteiger partial charge in [-0.1, -0.05) is 54.6 Å². The lowest BCUT2D eigenvalue weighted by Crippen LogP contribution is -2.00. The highest BCUT2D eigenvalue weighted by atomic mass is 14.9. The van der Waals surface area contributed by atoms with E-state index in [1.165, 1.54) is 32.9 Å². The van der Waals surface area contributed by atoms with E-state index < -0.39 is 0 Å². The second kappa shape index (κ2) is 4.98. The maximum Gasteiger partial charge on any atom is 0.0504 e. The van der Waals surface area contributed by atoms with Crippen LogP contribution in [0, 0.1) is 0 Å². The van der Waals surface area contributed by atoms with Gasteiger partial charge in [-0.2, -0.15) is 0 Å². The van der Waals surface area contributed by atoms with Crippen molar-refractivity contribution >= 4 is 27.4 Å². The highest BCUT2D eigenvalue weighted by Crippen LogP contribution is 2.24. The largest absolute Gasteiger partial charge is 0.380 e. The molecule has 0 aliphatic carbocycles. The van der Waals surface area contributed by atoms with Crippen molar-refractivity contribution in [3.8, 4) is 0 Å². The summed E-state index contributed by atoms with van der Waals surface area (Å²) in [5, 5.41) is 7.35. The van der Waals surface area contributed by atoms with Crippen LogP contribution in [-0.2, 0) is 6.54 Å². The molecule has 2 nitrogen and oxygen atoms in total. The normalized spacial score (nSPS) is 11.0. The summed E-state index contributed by atoms with van der Waals surface area (Å²) in [5.41, 5.74) is 3.67. The van der Waals surface area contributed by atoms with Crippen molar-refractivity contribution in [3.05, 3.63) is 78.5 Å². The van der Waals surface area contributed by atoms with Crippen LogP contribution in [0.1, 0.15) is 5.56 Å². The zero-order valence-electron chi connectivity index (χ0n) is 11.6. The van der Waals surface area contributed by atoms with E-state index in [1.54, 1.807) is 0 Å². The number of hydrogen-bond donors (Lipinski definition) is 2. The first-order valence-corrected chi connectivity index (χ1v) is 7.18. The van der Waals surface area contributed by atoms with Gasteiger partial charge in [0.15, 0.2) is 0 Å². The van der Waals surface area contributed by atoms with Gasteiger partial charge in [0.1, 0.15) is 0 Å². The van der Waals surface area contributed by atoms with Gasteiger partial charge in [0, 0.05) is 23.8 Å². The van der Waals surface area contributed by atoms with E-state index in [9.17, 15) is 0 Å². The quantitative estimate of drug-likeness (QED) is 0.543. The highest BCUT2D eigenvalue weighted by molar-refractivity contribution is 5.94. The lowest BCUT2D eigenvalue weighted by molar-refractivity contribution is 1.16. The number of aromatic amines is 1. The van der Waals surface area contributed by atoms with Gasteiger partial charge in [0.05, 0.1) is 5.52 Å². The predicted molar refractivity (Wildman–Crippen MR) is 89.6 cm³/mol. The molecule has 102 valence electrons. The Morgan fingerprint density at radius 2 is 1.57 bits per heavy atom. The second-order valence-corrected chi connectivity index (χ2v) is 5.24. The molecule has 2 N–H and O–H groups in total. The molecule has 0 bridgehead atoms. The van der Waals surface area contributed by atoms with E-state index in [-0.39, 0.29) is 0 Å². The zero-order chi connectivity index (χ0) is 14.1. The molecule has 0 saturated carbocycles. The van der Waals surface area contributed by atoms with Crippen LogP contribution in [0.4, 0.5) is 5.69 Å². The number of rotatable bonds is 3. The van der Waals surface area contributed by atoms with Gasteiger partial charge in [-0.05, 0) is 28.5 Å². The third-order valence-electron chi connectivity index (χ3n) is 3.93. The lowest BCUT2D eigenvalue weighted by atomic mass is 10.1. The molecule has 0 spiro atoms. The minimum atomic E-state index is 0.811. The standard InChI is InChI=1S/C19H16N2/c1-2-9-17-14(5-1)6-4-10-18(17)21-13-16-8-3-7-15-11-12-20-19(15)16/h1-12,20-21H,13H2. The van der Waals surface area contributed by atoms with Crippen molar-refractivity contribution in [2.45, 2.75) is 6.54 Å². The van der Waals surface area contributed by atoms with E-state index in [0.29, 0.717) is 0 Å². The van der Waals surface area contributed by atoms with Gasteiger partial charge in [-0.15, -0.1) is 0 Å². The first kappa shape index (κ1) is 12.0. The zero-order valence-corrected chi connectivity index (χ0v) is 11.6. The number of fused-ring (bicyclic) bond motifs is 2. The number of para-hydroxylation sites is 1. The predicted octanol–water partition coefficient (Wildman–Crippen LogP) is 4.93. The van der Waals surface area contributed by atoms with Crippen LogP contribution >= 0.6 is 0 Å². The molecule has 0 atom stereocenters. The van der Waals surface area contributed by atoms with Crippen LogP contribution in [0.15, 0.2) is 72.9 Å². The van der Waals surface area contributed by atoms with Crippen LogP contribution in [0.2, 0.25) is 0 Å². The minimum absolute atomic E-state index is 0.811. The second-order valence-electron chi connectivity index (χ2n) is 5.24. The summed E-state index contributed by atoms with van der Waals surface area (Å²) in [6.07, 6.45) is 1.99. The van der Waals surface area contributed by atoms with Crippen LogP contribution in [0.25, 0.3) is 21.7 Å². The maximum absolute atomic E-state index is 3.57. The smallest absolute Gasteiger partial charge is 0.0504 e. The minimum Gasteiger partial charge on any atom is -0.380 e. The summed E-state index contributed by atoms with van der Waals surface area (Å²) in [6.45, 7) is 0.811. The Kier molecular flexibility index (Phi) is 2.86. The number of aromatic nitrogens is 1. The van der Waals surface area contributed by atoms with Gasteiger partial charge >= 0.3 is 0 Å². The summed E-state index contributed by atoms with van der Waals surface area (Å²) in [5.74, 6) is 0.